The lowest BCUT2D eigenvalue weighted by Crippen LogP contribution is -2.62. The fraction of sp³-hybridized carbons (Fsp3) is 1.00. The van der Waals surface area contributed by atoms with E-state index in [1.54, 1.807) is 0 Å². The Balaban J connectivity index is 1.45. The number of aliphatic hydroxyl groups is 5. The van der Waals surface area contributed by atoms with Gasteiger partial charge in [-0.3, -0.25) is 4.55 Å². The largest absolute Gasteiger partial charge is 0.397 e. The molecule has 0 saturated heterocycles. The zero-order chi connectivity index (χ0) is 27.3. The second-order valence-electron chi connectivity index (χ2n) is 13.3. The van der Waals surface area contributed by atoms with Gasteiger partial charge in [-0.25, -0.2) is 4.18 Å². The standard InChI is InChI=1S/C27H48O9S/c1-15(4-7-22(30)16(13-28)14-36-37(33,34)35)19-5-6-20-25-21(12-24(32)27(19,20)3)26(2)9-8-18(29)10-17(26)11-23(25)31/h15-25,28-32H,4-14H2,1-3H3,(H,33,34,35)/t15-,16-,17?,18-,19?,20?,21?,22?,23?,24?,25?,26?,27?/m0/s1. The van der Waals surface area contributed by atoms with Crippen LogP contribution in [-0.2, 0) is 14.6 Å². The molecule has 4 fully saturated rings. The van der Waals surface area contributed by atoms with Crippen molar-refractivity contribution in [3.63, 3.8) is 0 Å². The van der Waals surface area contributed by atoms with Crippen molar-refractivity contribution in [2.24, 2.45) is 52.3 Å². The predicted octanol–water partition coefficient (Wildman–Crippen LogP) is 2.15. The molecule has 4 aliphatic carbocycles. The third-order valence-corrected chi connectivity index (χ3v) is 12.1. The average Bonchev–Trinajstić information content (AvgIpc) is 3.17. The van der Waals surface area contributed by atoms with Crippen molar-refractivity contribution in [3.8, 4) is 0 Å². The smallest absolute Gasteiger partial charge is 0.396 e. The number of hydrogen-bond acceptors (Lipinski definition) is 8. The van der Waals surface area contributed by atoms with Crippen molar-refractivity contribution < 1.29 is 42.7 Å². The van der Waals surface area contributed by atoms with Crippen LogP contribution >= 0.6 is 0 Å². The van der Waals surface area contributed by atoms with Gasteiger partial charge in [0, 0.05) is 5.92 Å². The van der Waals surface area contributed by atoms with Crippen molar-refractivity contribution in [1.82, 2.24) is 0 Å². The highest BCUT2D eigenvalue weighted by atomic mass is 32.3. The molecule has 9 nitrogen and oxygen atoms in total. The fourth-order valence-electron chi connectivity index (χ4n) is 9.46. The van der Waals surface area contributed by atoms with Crippen molar-refractivity contribution in [2.45, 2.75) is 103 Å². The summed E-state index contributed by atoms with van der Waals surface area (Å²) in [5, 5.41) is 53.5. The van der Waals surface area contributed by atoms with E-state index in [0.717, 1.165) is 38.5 Å². The van der Waals surface area contributed by atoms with E-state index in [4.69, 9.17) is 4.55 Å². The van der Waals surface area contributed by atoms with E-state index in [1.165, 1.54) is 0 Å². The molecule has 0 spiro atoms. The fourth-order valence-corrected chi connectivity index (χ4v) is 9.81. The monoisotopic (exact) mass is 548 g/mol. The van der Waals surface area contributed by atoms with E-state index in [1.807, 2.05) is 0 Å². The van der Waals surface area contributed by atoms with Gasteiger partial charge in [0.05, 0.1) is 37.6 Å². The van der Waals surface area contributed by atoms with Gasteiger partial charge in [0.25, 0.3) is 0 Å². The molecular formula is C27H48O9S. The van der Waals surface area contributed by atoms with Crippen LogP contribution in [0.1, 0.15) is 78.6 Å². The molecule has 0 aliphatic heterocycles. The first-order valence-electron chi connectivity index (χ1n) is 14.2. The molecule has 0 radical (unpaired) electrons. The van der Waals surface area contributed by atoms with Crippen molar-refractivity contribution in [1.29, 1.82) is 0 Å². The highest BCUT2D eigenvalue weighted by molar-refractivity contribution is 7.80. The summed E-state index contributed by atoms with van der Waals surface area (Å²) in [4.78, 5) is 0. The summed E-state index contributed by atoms with van der Waals surface area (Å²) in [5.41, 5.74) is -0.309. The first-order valence-corrected chi connectivity index (χ1v) is 15.5. The first-order chi connectivity index (χ1) is 17.2. The summed E-state index contributed by atoms with van der Waals surface area (Å²) < 4.78 is 34.9. The third kappa shape index (κ3) is 5.51. The van der Waals surface area contributed by atoms with Crippen LogP contribution in [-0.4, -0.2) is 76.1 Å². The van der Waals surface area contributed by atoms with Gasteiger partial charge < -0.3 is 25.5 Å². The lowest BCUT2D eigenvalue weighted by molar-refractivity contribution is -0.207. The second-order valence-corrected chi connectivity index (χ2v) is 14.4. The van der Waals surface area contributed by atoms with Crippen LogP contribution in [0.5, 0.6) is 0 Å². The minimum atomic E-state index is -4.65. The summed E-state index contributed by atoms with van der Waals surface area (Å²) >= 11 is 0. The molecule has 4 rings (SSSR count). The van der Waals surface area contributed by atoms with Gasteiger partial charge in [-0.2, -0.15) is 8.42 Å². The Morgan fingerprint density at radius 3 is 2.35 bits per heavy atom. The molecule has 10 heteroatoms. The van der Waals surface area contributed by atoms with E-state index in [0.29, 0.717) is 19.3 Å². The maximum atomic E-state index is 11.7. The van der Waals surface area contributed by atoms with Crippen LogP contribution in [0.3, 0.4) is 0 Å². The molecule has 6 N–H and O–H groups in total. The highest BCUT2D eigenvalue weighted by Crippen LogP contribution is 2.68. The molecule has 13 atom stereocenters. The number of fused-ring (bicyclic) bond motifs is 5. The van der Waals surface area contributed by atoms with Gasteiger partial charge in [0.15, 0.2) is 0 Å². The Morgan fingerprint density at radius 2 is 1.70 bits per heavy atom. The number of rotatable bonds is 9. The van der Waals surface area contributed by atoms with Crippen LogP contribution in [0.2, 0.25) is 0 Å². The van der Waals surface area contributed by atoms with Crippen molar-refractivity contribution in [3.05, 3.63) is 0 Å². The molecule has 0 aromatic carbocycles. The Bertz CT molecular complexity index is 898. The van der Waals surface area contributed by atoms with E-state index >= 15 is 0 Å². The van der Waals surface area contributed by atoms with Crippen molar-refractivity contribution >= 4 is 10.4 Å². The number of aliphatic hydroxyl groups excluding tert-OH is 5. The summed E-state index contributed by atoms with van der Waals surface area (Å²) in [7, 11) is -4.65. The topological polar surface area (TPSA) is 165 Å². The zero-order valence-electron chi connectivity index (χ0n) is 22.4. The van der Waals surface area contributed by atoms with Gasteiger partial charge in [0.1, 0.15) is 0 Å². The summed E-state index contributed by atoms with van der Waals surface area (Å²) in [6.07, 6.45) is 4.54. The predicted molar refractivity (Wildman–Crippen MR) is 136 cm³/mol. The van der Waals surface area contributed by atoms with Gasteiger partial charge in [-0.1, -0.05) is 20.8 Å². The molecule has 0 amide bonds. The number of hydrogen-bond donors (Lipinski definition) is 6. The van der Waals surface area contributed by atoms with Gasteiger partial charge in [-0.05, 0) is 104 Å². The normalized spacial score (nSPS) is 46.4. The van der Waals surface area contributed by atoms with Crippen LogP contribution in [0.4, 0.5) is 0 Å². The molecule has 0 aromatic heterocycles. The third-order valence-electron chi connectivity index (χ3n) is 11.6. The molecular weight excluding hydrogens is 500 g/mol. The molecule has 0 aromatic rings. The maximum Gasteiger partial charge on any atom is 0.397 e. The Labute approximate surface area is 221 Å². The summed E-state index contributed by atoms with van der Waals surface area (Å²) in [6.45, 7) is 5.67. The molecule has 37 heavy (non-hydrogen) atoms. The minimum absolute atomic E-state index is 0.0304. The summed E-state index contributed by atoms with van der Waals surface area (Å²) in [6, 6.07) is 0. The lowest BCUT2D eigenvalue weighted by Gasteiger charge is -2.63. The second kappa shape index (κ2) is 10.9. The molecule has 4 saturated carbocycles. The lowest BCUT2D eigenvalue weighted by atomic mass is 9.43. The molecule has 0 bridgehead atoms. The van der Waals surface area contributed by atoms with Crippen LogP contribution < -0.4 is 0 Å². The van der Waals surface area contributed by atoms with Crippen LogP contribution in [0, 0.1) is 52.3 Å². The first kappa shape index (κ1) is 29.6. The molecule has 0 heterocycles. The Morgan fingerprint density at radius 1 is 1.00 bits per heavy atom. The van der Waals surface area contributed by atoms with Crippen LogP contribution in [0.15, 0.2) is 0 Å². The average molecular weight is 549 g/mol. The van der Waals surface area contributed by atoms with Crippen LogP contribution in [0.25, 0.3) is 0 Å². The Kier molecular flexibility index (Phi) is 8.75. The summed E-state index contributed by atoms with van der Waals surface area (Å²) in [5.74, 6) is 0.439. The zero-order valence-corrected chi connectivity index (χ0v) is 23.3. The van der Waals surface area contributed by atoms with E-state index in [-0.39, 0.29) is 52.4 Å². The molecule has 4 aliphatic rings. The minimum Gasteiger partial charge on any atom is -0.396 e. The van der Waals surface area contributed by atoms with E-state index in [2.05, 4.69) is 25.0 Å². The van der Waals surface area contributed by atoms with Crippen molar-refractivity contribution in [2.75, 3.05) is 13.2 Å². The van der Waals surface area contributed by atoms with E-state index < -0.39 is 47.8 Å². The van der Waals surface area contributed by atoms with Gasteiger partial charge in [0.2, 0.25) is 0 Å². The Hall–Kier alpha value is -0.330. The highest BCUT2D eigenvalue weighted by Gasteiger charge is 2.65. The van der Waals surface area contributed by atoms with Gasteiger partial charge >= 0.3 is 10.4 Å². The maximum absolute atomic E-state index is 11.7. The quantitative estimate of drug-likeness (QED) is 0.237. The van der Waals surface area contributed by atoms with E-state index in [9.17, 15) is 34.0 Å². The molecule has 216 valence electrons. The van der Waals surface area contributed by atoms with Gasteiger partial charge in [-0.15, -0.1) is 0 Å². The SMILES string of the molecule is C[C@@H](CCC(O)[C@@H](CO)COS(=O)(=O)O)C1CCC2C3C(O)CC4C[C@@H](O)CCC4(C)C3CC(O)C21C. The molecule has 10 unspecified atom stereocenters.